The first-order valence-corrected chi connectivity index (χ1v) is 6.25. The van der Waals surface area contributed by atoms with Gasteiger partial charge in [0.25, 0.3) is 0 Å². The van der Waals surface area contributed by atoms with Crippen LogP contribution in [0.1, 0.15) is 5.56 Å². The first kappa shape index (κ1) is 9.74. The second kappa shape index (κ2) is 3.58. The number of benzene rings is 1. The number of sulfone groups is 1. The lowest BCUT2D eigenvalue weighted by molar-refractivity contribution is 0.601. The molecule has 0 aliphatic heterocycles. The molecule has 0 N–H and O–H groups in total. The van der Waals surface area contributed by atoms with Gasteiger partial charge < -0.3 is 0 Å². The Hall–Kier alpha value is -0.350. The summed E-state index contributed by atoms with van der Waals surface area (Å²) in [5.74, 6) is 0.111. The van der Waals surface area contributed by atoms with E-state index >= 15 is 0 Å². The Kier molecular flexibility index (Phi) is 2.90. The Morgan fingerprint density at radius 1 is 1.25 bits per heavy atom. The quantitative estimate of drug-likeness (QED) is 0.803. The molecule has 66 valence electrons. The van der Waals surface area contributed by atoms with Gasteiger partial charge in [0.05, 0.1) is 5.75 Å². The Bertz CT molecular complexity index is 353. The molecule has 2 nitrogen and oxygen atoms in total. The molecule has 0 saturated carbocycles. The van der Waals surface area contributed by atoms with Crippen LogP contribution in [0.2, 0.25) is 0 Å². The van der Waals surface area contributed by atoms with Crippen molar-refractivity contribution in [1.29, 1.82) is 0 Å². The van der Waals surface area contributed by atoms with E-state index < -0.39 is 9.84 Å². The van der Waals surface area contributed by atoms with Crippen LogP contribution in [-0.4, -0.2) is 14.7 Å². The Labute approximate surface area is 80.7 Å². The lowest BCUT2D eigenvalue weighted by Gasteiger charge is -1.98. The van der Waals surface area contributed by atoms with Crippen LogP contribution in [0.3, 0.4) is 0 Å². The van der Waals surface area contributed by atoms with Gasteiger partial charge in [-0.25, -0.2) is 8.42 Å². The number of rotatable bonds is 2. The van der Waals surface area contributed by atoms with Crippen LogP contribution in [0.15, 0.2) is 28.7 Å². The molecule has 0 fully saturated rings. The lowest BCUT2D eigenvalue weighted by atomic mass is 10.2. The van der Waals surface area contributed by atoms with Crippen LogP contribution >= 0.6 is 15.9 Å². The zero-order valence-electron chi connectivity index (χ0n) is 6.62. The second-order valence-electron chi connectivity index (χ2n) is 2.70. The first-order chi connectivity index (χ1) is 5.47. The van der Waals surface area contributed by atoms with Gasteiger partial charge in [0, 0.05) is 10.7 Å². The van der Waals surface area contributed by atoms with E-state index in [4.69, 9.17) is 0 Å². The lowest BCUT2D eigenvalue weighted by Crippen LogP contribution is -1.99. The fraction of sp³-hybridized carbons (Fsp3) is 0.250. The molecular weight excluding hydrogens is 240 g/mol. The van der Waals surface area contributed by atoms with E-state index in [1.165, 1.54) is 6.26 Å². The number of hydrogen-bond acceptors (Lipinski definition) is 2. The predicted molar refractivity (Wildman–Crippen MR) is 52.7 cm³/mol. The zero-order valence-corrected chi connectivity index (χ0v) is 9.02. The van der Waals surface area contributed by atoms with E-state index in [-0.39, 0.29) is 5.75 Å². The topological polar surface area (TPSA) is 34.1 Å². The van der Waals surface area contributed by atoms with E-state index in [1.807, 2.05) is 12.1 Å². The van der Waals surface area contributed by atoms with Crippen molar-refractivity contribution in [3.63, 3.8) is 0 Å². The molecule has 0 amide bonds. The minimum atomic E-state index is -2.91. The molecular formula is C8H9BrO2S. The van der Waals surface area contributed by atoms with Crippen LogP contribution in [0.4, 0.5) is 0 Å². The van der Waals surface area contributed by atoms with Gasteiger partial charge in [-0.05, 0) is 17.7 Å². The Balaban J connectivity index is 2.85. The van der Waals surface area contributed by atoms with Crippen LogP contribution < -0.4 is 0 Å². The van der Waals surface area contributed by atoms with E-state index in [9.17, 15) is 8.42 Å². The molecule has 0 spiro atoms. The minimum Gasteiger partial charge on any atom is -0.229 e. The fourth-order valence-electron chi connectivity index (χ4n) is 0.883. The summed E-state index contributed by atoms with van der Waals surface area (Å²) in [4.78, 5) is 0. The highest BCUT2D eigenvalue weighted by molar-refractivity contribution is 9.10. The standard InChI is InChI=1S/C8H9BrO2S/c1-12(10,11)6-7-2-4-8(9)5-3-7/h2-5H,6H2,1H3. The van der Waals surface area contributed by atoms with Crippen molar-refractivity contribution in [2.75, 3.05) is 6.26 Å². The fourth-order valence-corrected chi connectivity index (χ4v) is 1.95. The van der Waals surface area contributed by atoms with Crippen molar-refractivity contribution in [3.8, 4) is 0 Å². The Morgan fingerprint density at radius 3 is 2.17 bits per heavy atom. The normalized spacial score (nSPS) is 11.5. The summed E-state index contributed by atoms with van der Waals surface area (Å²) in [5.41, 5.74) is 0.820. The Morgan fingerprint density at radius 2 is 1.75 bits per heavy atom. The first-order valence-electron chi connectivity index (χ1n) is 3.39. The number of hydrogen-bond donors (Lipinski definition) is 0. The van der Waals surface area contributed by atoms with Crippen molar-refractivity contribution in [2.45, 2.75) is 5.75 Å². The number of halogens is 1. The van der Waals surface area contributed by atoms with Gasteiger partial charge in [-0.3, -0.25) is 0 Å². The van der Waals surface area contributed by atoms with Crippen molar-refractivity contribution in [2.24, 2.45) is 0 Å². The molecule has 0 aliphatic carbocycles. The molecule has 0 saturated heterocycles. The third-order valence-corrected chi connectivity index (χ3v) is 2.73. The molecule has 1 aromatic carbocycles. The average Bonchev–Trinajstić information content (AvgIpc) is 1.91. The maximum absolute atomic E-state index is 10.9. The van der Waals surface area contributed by atoms with E-state index in [1.54, 1.807) is 12.1 Å². The maximum atomic E-state index is 10.9. The third kappa shape index (κ3) is 3.36. The van der Waals surface area contributed by atoms with Crippen molar-refractivity contribution >= 4 is 25.8 Å². The van der Waals surface area contributed by atoms with Gasteiger partial charge in [-0.15, -0.1) is 0 Å². The molecule has 0 radical (unpaired) electrons. The van der Waals surface area contributed by atoms with Gasteiger partial charge in [0.1, 0.15) is 0 Å². The summed E-state index contributed by atoms with van der Waals surface area (Å²) >= 11 is 3.28. The summed E-state index contributed by atoms with van der Waals surface area (Å²) in [7, 11) is -2.91. The van der Waals surface area contributed by atoms with Gasteiger partial charge in [-0.1, -0.05) is 28.1 Å². The van der Waals surface area contributed by atoms with E-state index in [0.717, 1.165) is 10.0 Å². The molecule has 0 heterocycles. The predicted octanol–water partition coefficient (Wildman–Crippen LogP) is 1.99. The van der Waals surface area contributed by atoms with Gasteiger partial charge in [-0.2, -0.15) is 0 Å². The molecule has 0 aliphatic rings. The smallest absolute Gasteiger partial charge is 0.151 e. The highest BCUT2D eigenvalue weighted by atomic mass is 79.9. The summed E-state index contributed by atoms with van der Waals surface area (Å²) < 4.78 is 22.7. The van der Waals surface area contributed by atoms with E-state index in [2.05, 4.69) is 15.9 Å². The summed E-state index contributed by atoms with van der Waals surface area (Å²) in [6.45, 7) is 0. The van der Waals surface area contributed by atoms with E-state index in [0.29, 0.717) is 0 Å². The van der Waals surface area contributed by atoms with Gasteiger partial charge >= 0.3 is 0 Å². The molecule has 0 aromatic heterocycles. The molecule has 0 bridgehead atoms. The third-order valence-electron chi connectivity index (χ3n) is 1.34. The zero-order chi connectivity index (χ0) is 9.19. The molecule has 1 rings (SSSR count). The highest BCUT2D eigenvalue weighted by Gasteiger charge is 2.02. The largest absolute Gasteiger partial charge is 0.229 e. The van der Waals surface area contributed by atoms with Gasteiger partial charge in [0.15, 0.2) is 9.84 Å². The maximum Gasteiger partial charge on any atom is 0.151 e. The van der Waals surface area contributed by atoms with Crippen LogP contribution in [0, 0.1) is 0 Å². The molecule has 0 unspecified atom stereocenters. The summed E-state index contributed by atoms with van der Waals surface area (Å²) in [6.07, 6.45) is 1.23. The SMILES string of the molecule is CS(=O)(=O)Cc1ccc(Br)cc1. The van der Waals surface area contributed by atoms with Crippen molar-refractivity contribution in [1.82, 2.24) is 0 Å². The molecule has 1 aromatic rings. The van der Waals surface area contributed by atoms with Crippen molar-refractivity contribution in [3.05, 3.63) is 34.3 Å². The molecule has 4 heteroatoms. The monoisotopic (exact) mass is 248 g/mol. The molecule has 0 atom stereocenters. The average molecular weight is 249 g/mol. The summed E-state index contributed by atoms with van der Waals surface area (Å²) in [5, 5.41) is 0. The highest BCUT2D eigenvalue weighted by Crippen LogP contribution is 2.12. The summed E-state index contributed by atoms with van der Waals surface area (Å²) in [6, 6.07) is 7.26. The van der Waals surface area contributed by atoms with Crippen LogP contribution in [0.25, 0.3) is 0 Å². The molecule has 12 heavy (non-hydrogen) atoms. The van der Waals surface area contributed by atoms with Crippen molar-refractivity contribution < 1.29 is 8.42 Å². The second-order valence-corrected chi connectivity index (χ2v) is 5.75. The van der Waals surface area contributed by atoms with Crippen LogP contribution in [-0.2, 0) is 15.6 Å². The van der Waals surface area contributed by atoms with Gasteiger partial charge in [0.2, 0.25) is 0 Å². The minimum absolute atomic E-state index is 0.111. The van der Waals surface area contributed by atoms with Crippen LogP contribution in [0.5, 0.6) is 0 Å².